The first-order valence-electron chi connectivity index (χ1n) is 6.70. The maximum Gasteiger partial charge on any atom is 0.0666 e. The van der Waals surface area contributed by atoms with E-state index in [1.807, 2.05) is 0 Å². The van der Waals surface area contributed by atoms with E-state index in [9.17, 15) is 0 Å². The SMILES string of the molecule is CNC1CCC(C)CC1SCC1CCCO1. The van der Waals surface area contributed by atoms with E-state index in [0.717, 1.165) is 23.8 Å². The Morgan fingerprint density at radius 1 is 1.31 bits per heavy atom. The standard InChI is InChI=1S/C13H25NOS/c1-10-5-6-12(14-2)13(8-10)16-9-11-4-3-7-15-11/h10-14H,3-9H2,1-2H3. The fraction of sp³-hybridized carbons (Fsp3) is 1.00. The summed E-state index contributed by atoms with van der Waals surface area (Å²) in [6.45, 7) is 3.38. The van der Waals surface area contributed by atoms with Crippen molar-refractivity contribution < 1.29 is 4.74 Å². The third-order valence-electron chi connectivity index (χ3n) is 3.94. The average molecular weight is 243 g/mol. The number of ether oxygens (including phenoxy) is 1. The van der Waals surface area contributed by atoms with Crippen LogP contribution in [0.1, 0.15) is 39.0 Å². The second kappa shape index (κ2) is 6.27. The van der Waals surface area contributed by atoms with E-state index in [1.165, 1.54) is 37.9 Å². The molecule has 1 saturated carbocycles. The Labute approximate surface area is 104 Å². The highest BCUT2D eigenvalue weighted by Crippen LogP contribution is 2.33. The first kappa shape index (κ1) is 12.7. The summed E-state index contributed by atoms with van der Waals surface area (Å²) >= 11 is 2.14. The van der Waals surface area contributed by atoms with E-state index in [2.05, 4.69) is 31.1 Å². The summed E-state index contributed by atoms with van der Waals surface area (Å²) in [6, 6.07) is 0.725. The normalized spacial score (nSPS) is 40.1. The van der Waals surface area contributed by atoms with Crippen molar-refractivity contribution in [2.45, 2.75) is 56.4 Å². The van der Waals surface area contributed by atoms with E-state index in [0.29, 0.717) is 6.10 Å². The third kappa shape index (κ3) is 3.38. The Morgan fingerprint density at radius 2 is 2.19 bits per heavy atom. The maximum absolute atomic E-state index is 5.70. The minimum Gasteiger partial charge on any atom is -0.377 e. The van der Waals surface area contributed by atoms with Gasteiger partial charge in [0.25, 0.3) is 0 Å². The van der Waals surface area contributed by atoms with Crippen LogP contribution in [0.5, 0.6) is 0 Å². The highest BCUT2D eigenvalue weighted by Gasteiger charge is 2.29. The molecule has 2 nitrogen and oxygen atoms in total. The Morgan fingerprint density at radius 3 is 2.88 bits per heavy atom. The van der Waals surface area contributed by atoms with Gasteiger partial charge in [0.1, 0.15) is 0 Å². The summed E-state index contributed by atoms with van der Waals surface area (Å²) < 4.78 is 5.70. The predicted octanol–water partition coefficient (Wildman–Crippen LogP) is 2.68. The zero-order valence-electron chi connectivity index (χ0n) is 10.6. The summed E-state index contributed by atoms with van der Waals surface area (Å²) in [5.74, 6) is 2.11. The second-order valence-corrected chi connectivity index (χ2v) is 6.59. The molecule has 1 aliphatic carbocycles. The molecule has 4 unspecified atom stereocenters. The second-order valence-electron chi connectivity index (χ2n) is 5.32. The monoisotopic (exact) mass is 243 g/mol. The van der Waals surface area contributed by atoms with Crippen molar-refractivity contribution in [3.63, 3.8) is 0 Å². The summed E-state index contributed by atoms with van der Waals surface area (Å²) in [5, 5.41) is 4.29. The average Bonchev–Trinajstić information content (AvgIpc) is 2.79. The van der Waals surface area contributed by atoms with Gasteiger partial charge in [0.15, 0.2) is 0 Å². The van der Waals surface area contributed by atoms with Crippen LogP contribution in [0.25, 0.3) is 0 Å². The van der Waals surface area contributed by atoms with Crippen LogP contribution in [-0.4, -0.2) is 36.8 Å². The van der Waals surface area contributed by atoms with Crippen LogP contribution in [0.15, 0.2) is 0 Å². The van der Waals surface area contributed by atoms with Crippen molar-refractivity contribution in [1.82, 2.24) is 5.32 Å². The van der Waals surface area contributed by atoms with E-state index in [-0.39, 0.29) is 0 Å². The van der Waals surface area contributed by atoms with Crippen molar-refractivity contribution in [3.05, 3.63) is 0 Å². The van der Waals surface area contributed by atoms with Crippen LogP contribution in [0.4, 0.5) is 0 Å². The van der Waals surface area contributed by atoms with Gasteiger partial charge in [-0.15, -0.1) is 0 Å². The highest BCUT2D eigenvalue weighted by molar-refractivity contribution is 8.00. The number of hydrogen-bond donors (Lipinski definition) is 1. The van der Waals surface area contributed by atoms with E-state index in [4.69, 9.17) is 4.74 Å². The predicted molar refractivity (Wildman–Crippen MR) is 71.1 cm³/mol. The molecule has 2 fully saturated rings. The van der Waals surface area contributed by atoms with E-state index < -0.39 is 0 Å². The summed E-state index contributed by atoms with van der Waals surface area (Å²) in [5.41, 5.74) is 0. The smallest absolute Gasteiger partial charge is 0.0666 e. The van der Waals surface area contributed by atoms with Crippen LogP contribution in [0.2, 0.25) is 0 Å². The largest absolute Gasteiger partial charge is 0.377 e. The summed E-state index contributed by atoms with van der Waals surface area (Å²) in [4.78, 5) is 0. The third-order valence-corrected chi connectivity index (χ3v) is 5.46. The molecule has 94 valence electrons. The van der Waals surface area contributed by atoms with Gasteiger partial charge in [-0.2, -0.15) is 11.8 Å². The molecule has 2 rings (SSSR count). The van der Waals surface area contributed by atoms with Gasteiger partial charge in [0.2, 0.25) is 0 Å². The van der Waals surface area contributed by atoms with Crippen LogP contribution in [0.3, 0.4) is 0 Å². The van der Waals surface area contributed by atoms with Crippen LogP contribution >= 0.6 is 11.8 Å². The van der Waals surface area contributed by atoms with Crippen molar-refractivity contribution in [1.29, 1.82) is 0 Å². The fourth-order valence-electron chi connectivity index (χ4n) is 2.85. The first-order chi connectivity index (χ1) is 7.79. The Balaban J connectivity index is 1.76. The van der Waals surface area contributed by atoms with Gasteiger partial charge in [-0.25, -0.2) is 0 Å². The maximum atomic E-state index is 5.70. The van der Waals surface area contributed by atoms with Gasteiger partial charge in [-0.1, -0.05) is 6.92 Å². The van der Waals surface area contributed by atoms with Crippen LogP contribution in [0, 0.1) is 5.92 Å². The Kier molecular flexibility index (Phi) is 4.98. The van der Waals surface area contributed by atoms with Gasteiger partial charge >= 0.3 is 0 Å². The van der Waals surface area contributed by atoms with Gasteiger partial charge < -0.3 is 10.1 Å². The lowest BCUT2D eigenvalue weighted by atomic mass is 9.87. The highest BCUT2D eigenvalue weighted by atomic mass is 32.2. The molecule has 1 saturated heterocycles. The van der Waals surface area contributed by atoms with Crippen molar-refractivity contribution >= 4 is 11.8 Å². The fourth-order valence-corrected chi connectivity index (χ4v) is 4.54. The number of rotatable bonds is 4. The molecular weight excluding hydrogens is 218 g/mol. The number of thioether (sulfide) groups is 1. The molecule has 0 aromatic heterocycles. The van der Waals surface area contributed by atoms with Crippen LogP contribution < -0.4 is 5.32 Å². The topological polar surface area (TPSA) is 21.3 Å². The van der Waals surface area contributed by atoms with Gasteiger partial charge in [-0.3, -0.25) is 0 Å². The molecule has 16 heavy (non-hydrogen) atoms. The lowest BCUT2D eigenvalue weighted by Crippen LogP contribution is -2.40. The molecule has 0 spiro atoms. The van der Waals surface area contributed by atoms with Crippen molar-refractivity contribution in [2.24, 2.45) is 5.92 Å². The Hall–Kier alpha value is 0.270. The molecule has 0 aromatic rings. The van der Waals surface area contributed by atoms with Gasteiger partial charge in [0, 0.05) is 23.7 Å². The molecule has 1 heterocycles. The molecule has 3 heteroatoms. The molecular formula is C13H25NOS. The molecule has 0 aromatic carbocycles. The first-order valence-corrected chi connectivity index (χ1v) is 7.75. The minimum atomic E-state index is 0.541. The minimum absolute atomic E-state index is 0.541. The molecule has 1 aliphatic heterocycles. The molecule has 1 N–H and O–H groups in total. The molecule has 0 radical (unpaired) electrons. The Bertz CT molecular complexity index is 206. The summed E-state index contributed by atoms with van der Waals surface area (Å²) in [6.07, 6.45) is 7.20. The van der Waals surface area contributed by atoms with E-state index in [1.54, 1.807) is 0 Å². The molecule has 0 amide bonds. The van der Waals surface area contributed by atoms with Crippen LogP contribution in [-0.2, 0) is 4.74 Å². The lowest BCUT2D eigenvalue weighted by Gasteiger charge is -2.34. The molecule has 4 atom stereocenters. The quantitative estimate of drug-likeness (QED) is 0.820. The zero-order chi connectivity index (χ0) is 11.4. The van der Waals surface area contributed by atoms with Gasteiger partial charge in [0.05, 0.1) is 6.10 Å². The van der Waals surface area contributed by atoms with Crippen molar-refractivity contribution in [3.8, 4) is 0 Å². The van der Waals surface area contributed by atoms with Crippen molar-refractivity contribution in [2.75, 3.05) is 19.4 Å². The van der Waals surface area contributed by atoms with Gasteiger partial charge in [-0.05, 0) is 45.1 Å². The van der Waals surface area contributed by atoms with E-state index >= 15 is 0 Å². The molecule has 2 aliphatic rings. The summed E-state index contributed by atoms with van der Waals surface area (Å²) in [7, 11) is 2.11. The number of hydrogen-bond acceptors (Lipinski definition) is 3. The zero-order valence-corrected chi connectivity index (χ0v) is 11.4. The lowest BCUT2D eigenvalue weighted by molar-refractivity contribution is 0.128. The molecule has 0 bridgehead atoms. The number of nitrogens with one attached hydrogen (secondary N) is 1.